The lowest BCUT2D eigenvalue weighted by atomic mass is 10.1. The topological polar surface area (TPSA) is 57.8 Å². The average molecular weight is 223 g/mol. The molecule has 1 unspecified atom stereocenters. The molecule has 0 aliphatic heterocycles. The molecule has 1 atom stereocenters. The molecule has 0 fully saturated rings. The Morgan fingerprint density at radius 3 is 2.94 bits per heavy atom. The summed E-state index contributed by atoms with van der Waals surface area (Å²) >= 11 is 0. The van der Waals surface area contributed by atoms with E-state index in [0.29, 0.717) is 0 Å². The molecule has 1 aromatic rings. The molecule has 1 aromatic heterocycles. The molecule has 2 N–H and O–H groups in total. The molecular formula is C12H21N3O. The van der Waals surface area contributed by atoms with Crippen LogP contribution >= 0.6 is 0 Å². The number of rotatable bonds is 6. The Labute approximate surface area is 96.8 Å². The monoisotopic (exact) mass is 223 g/mol. The van der Waals surface area contributed by atoms with Gasteiger partial charge in [-0.1, -0.05) is 13.8 Å². The van der Waals surface area contributed by atoms with E-state index in [4.69, 9.17) is 0 Å². The number of aromatic amines is 1. The molecule has 1 amide bonds. The van der Waals surface area contributed by atoms with E-state index in [2.05, 4.69) is 15.5 Å². The number of carbonyl (C=O) groups excluding carboxylic acids is 1. The van der Waals surface area contributed by atoms with Crippen molar-refractivity contribution in [2.24, 2.45) is 5.92 Å². The summed E-state index contributed by atoms with van der Waals surface area (Å²) in [6, 6.07) is 0. The Balaban J connectivity index is 2.17. The number of carbonyl (C=O) groups is 1. The van der Waals surface area contributed by atoms with Crippen LogP contribution in [0.3, 0.4) is 0 Å². The van der Waals surface area contributed by atoms with Crippen LogP contribution in [0.1, 0.15) is 37.9 Å². The quantitative estimate of drug-likeness (QED) is 0.723. The maximum absolute atomic E-state index is 11.5. The third-order valence-electron chi connectivity index (χ3n) is 2.92. The number of aromatic nitrogens is 2. The summed E-state index contributed by atoms with van der Waals surface area (Å²) in [4.78, 5) is 11.5. The van der Waals surface area contributed by atoms with Gasteiger partial charge in [-0.3, -0.25) is 9.89 Å². The maximum Gasteiger partial charge on any atom is 0.222 e. The Morgan fingerprint density at radius 1 is 1.62 bits per heavy atom. The predicted octanol–water partition coefficient (Wildman–Crippen LogP) is 1.81. The SMILES string of the molecule is CCC(C)C(=O)NCCCc1cn[nH]c1C. The van der Waals surface area contributed by atoms with Gasteiger partial charge in [0.2, 0.25) is 5.91 Å². The summed E-state index contributed by atoms with van der Waals surface area (Å²) in [6.45, 7) is 6.74. The molecule has 0 aliphatic rings. The van der Waals surface area contributed by atoms with Gasteiger partial charge in [0.05, 0.1) is 6.20 Å². The summed E-state index contributed by atoms with van der Waals surface area (Å²) < 4.78 is 0. The summed E-state index contributed by atoms with van der Waals surface area (Å²) in [7, 11) is 0. The van der Waals surface area contributed by atoms with E-state index in [9.17, 15) is 4.79 Å². The zero-order chi connectivity index (χ0) is 12.0. The summed E-state index contributed by atoms with van der Waals surface area (Å²) in [5, 5.41) is 9.82. The van der Waals surface area contributed by atoms with Crippen molar-refractivity contribution in [1.29, 1.82) is 0 Å². The maximum atomic E-state index is 11.5. The van der Waals surface area contributed by atoms with E-state index in [1.165, 1.54) is 5.56 Å². The minimum Gasteiger partial charge on any atom is -0.356 e. The van der Waals surface area contributed by atoms with E-state index in [0.717, 1.165) is 31.5 Å². The first kappa shape index (κ1) is 12.7. The molecule has 1 rings (SSSR count). The average Bonchev–Trinajstić information content (AvgIpc) is 2.69. The first-order valence-corrected chi connectivity index (χ1v) is 5.91. The number of amides is 1. The van der Waals surface area contributed by atoms with E-state index in [-0.39, 0.29) is 11.8 Å². The molecule has 0 bridgehead atoms. The highest BCUT2D eigenvalue weighted by molar-refractivity contribution is 5.78. The van der Waals surface area contributed by atoms with Crippen LogP contribution in [0.15, 0.2) is 6.20 Å². The number of hydrogen-bond acceptors (Lipinski definition) is 2. The van der Waals surface area contributed by atoms with Crippen LogP contribution < -0.4 is 5.32 Å². The molecule has 0 spiro atoms. The second-order valence-corrected chi connectivity index (χ2v) is 4.22. The van der Waals surface area contributed by atoms with Gasteiger partial charge in [-0.2, -0.15) is 5.10 Å². The van der Waals surface area contributed by atoms with Gasteiger partial charge in [-0.05, 0) is 31.7 Å². The van der Waals surface area contributed by atoms with Gasteiger partial charge in [0.15, 0.2) is 0 Å². The van der Waals surface area contributed by atoms with Gasteiger partial charge in [0.25, 0.3) is 0 Å². The molecule has 0 saturated heterocycles. The first-order valence-electron chi connectivity index (χ1n) is 5.91. The Hall–Kier alpha value is -1.32. The lowest BCUT2D eigenvalue weighted by Gasteiger charge is -2.09. The van der Waals surface area contributed by atoms with Gasteiger partial charge < -0.3 is 5.32 Å². The van der Waals surface area contributed by atoms with Crippen LogP contribution in [0.25, 0.3) is 0 Å². The number of hydrogen-bond donors (Lipinski definition) is 2. The normalized spacial score (nSPS) is 12.4. The van der Waals surface area contributed by atoms with Crippen LogP contribution in [-0.4, -0.2) is 22.6 Å². The molecule has 90 valence electrons. The fraction of sp³-hybridized carbons (Fsp3) is 0.667. The lowest BCUT2D eigenvalue weighted by Crippen LogP contribution is -2.29. The van der Waals surface area contributed by atoms with Gasteiger partial charge in [-0.15, -0.1) is 0 Å². The molecule has 16 heavy (non-hydrogen) atoms. The van der Waals surface area contributed by atoms with Crippen molar-refractivity contribution >= 4 is 5.91 Å². The minimum atomic E-state index is 0.121. The van der Waals surface area contributed by atoms with Gasteiger partial charge in [0, 0.05) is 18.2 Å². The third kappa shape index (κ3) is 3.68. The highest BCUT2D eigenvalue weighted by atomic mass is 16.1. The van der Waals surface area contributed by atoms with Crippen molar-refractivity contribution in [3.8, 4) is 0 Å². The largest absolute Gasteiger partial charge is 0.356 e. The fourth-order valence-corrected chi connectivity index (χ4v) is 1.48. The molecule has 4 nitrogen and oxygen atoms in total. The van der Waals surface area contributed by atoms with Crippen LogP contribution in [0.2, 0.25) is 0 Å². The highest BCUT2D eigenvalue weighted by Gasteiger charge is 2.09. The van der Waals surface area contributed by atoms with Crippen molar-refractivity contribution in [2.45, 2.75) is 40.0 Å². The van der Waals surface area contributed by atoms with Crippen molar-refractivity contribution in [1.82, 2.24) is 15.5 Å². The van der Waals surface area contributed by atoms with Gasteiger partial charge >= 0.3 is 0 Å². The second-order valence-electron chi connectivity index (χ2n) is 4.22. The summed E-state index contributed by atoms with van der Waals surface area (Å²) in [5.41, 5.74) is 2.35. The number of aryl methyl sites for hydroxylation is 2. The Kier molecular flexibility index (Phi) is 5.02. The fourth-order valence-electron chi connectivity index (χ4n) is 1.48. The number of nitrogens with one attached hydrogen (secondary N) is 2. The van der Waals surface area contributed by atoms with Crippen LogP contribution in [0.4, 0.5) is 0 Å². The molecule has 0 saturated carbocycles. The van der Waals surface area contributed by atoms with Crippen molar-refractivity contribution in [2.75, 3.05) is 6.54 Å². The summed E-state index contributed by atoms with van der Waals surface area (Å²) in [5.74, 6) is 0.280. The lowest BCUT2D eigenvalue weighted by molar-refractivity contribution is -0.124. The zero-order valence-electron chi connectivity index (χ0n) is 10.3. The Bertz CT molecular complexity index is 333. The number of H-pyrrole nitrogens is 1. The minimum absolute atomic E-state index is 0.121. The standard InChI is InChI=1S/C12H21N3O/c1-4-9(2)12(16)13-7-5-6-11-8-14-15-10(11)3/h8-9H,4-7H2,1-3H3,(H,13,16)(H,14,15). The van der Waals surface area contributed by atoms with E-state index >= 15 is 0 Å². The van der Waals surface area contributed by atoms with Crippen LogP contribution in [0, 0.1) is 12.8 Å². The molecule has 1 heterocycles. The first-order chi connectivity index (χ1) is 7.65. The Morgan fingerprint density at radius 2 is 2.38 bits per heavy atom. The molecule has 4 heteroatoms. The van der Waals surface area contributed by atoms with E-state index < -0.39 is 0 Å². The van der Waals surface area contributed by atoms with Crippen molar-refractivity contribution < 1.29 is 4.79 Å². The van der Waals surface area contributed by atoms with E-state index in [1.54, 1.807) is 0 Å². The number of nitrogens with zero attached hydrogens (tertiary/aromatic N) is 1. The molecule has 0 radical (unpaired) electrons. The van der Waals surface area contributed by atoms with Crippen LogP contribution in [-0.2, 0) is 11.2 Å². The van der Waals surface area contributed by atoms with Crippen molar-refractivity contribution in [3.05, 3.63) is 17.5 Å². The smallest absolute Gasteiger partial charge is 0.222 e. The van der Waals surface area contributed by atoms with Crippen LogP contribution in [0.5, 0.6) is 0 Å². The molecule has 0 aromatic carbocycles. The molecule has 0 aliphatic carbocycles. The summed E-state index contributed by atoms with van der Waals surface area (Å²) in [6.07, 6.45) is 4.67. The van der Waals surface area contributed by atoms with Crippen molar-refractivity contribution in [3.63, 3.8) is 0 Å². The van der Waals surface area contributed by atoms with E-state index in [1.807, 2.05) is 27.0 Å². The molecular weight excluding hydrogens is 202 g/mol. The third-order valence-corrected chi connectivity index (χ3v) is 2.92. The predicted molar refractivity (Wildman–Crippen MR) is 64.1 cm³/mol. The zero-order valence-corrected chi connectivity index (χ0v) is 10.3. The van der Waals surface area contributed by atoms with Gasteiger partial charge in [0.1, 0.15) is 0 Å². The second kappa shape index (κ2) is 6.30. The highest BCUT2D eigenvalue weighted by Crippen LogP contribution is 2.05. The van der Waals surface area contributed by atoms with Gasteiger partial charge in [-0.25, -0.2) is 0 Å².